The Hall–Kier alpha value is -2.35. The lowest BCUT2D eigenvalue weighted by Crippen LogP contribution is -2.34. The van der Waals surface area contributed by atoms with Gasteiger partial charge >= 0.3 is 0 Å². The average molecular weight is 291 g/mol. The standard InChI is InChI=1S/C16H21NO4/c1-6-8-12(7-2)17-16(18)11-9-13(19-3)15(21-5)14(10-11)20-4/h1,9-10,12H,7-8H2,2-5H3,(H,17,18). The van der Waals surface area contributed by atoms with E-state index in [1.807, 2.05) is 6.92 Å². The van der Waals surface area contributed by atoms with Gasteiger partial charge in [-0.15, -0.1) is 12.3 Å². The summed E-state index contributed by atoms with van der Waals surface area (Å²) in [6, 6.07) is 3.17. The number of hydrogen-bond donors (Lipinski definition) is 1. The summed E-state index contributed by atoms with van der Waals surface area (Å²) in [7, 11) is 4.53. The molecule has 114 valence electrons. The third-order valence-corrected chi connectivity index (χ3v) is 3.12. The lowest BCUT2D eigenvalue weighted by Gasteiger charge is -2.17. The van der Waals surface area contributed by atoms with Crippen molar-refractivity contribution >= 4 is 5.91 Å². The fourth-order valence-corrected chi connectivity index (χ4v) is 1.92. The molecule has 0 saturated carbocycles. The van der Waals surface area contributed by atoms with E-state index in [1.165, 1.54) is 21.3 Å². The summed E-state index contributed by atoms with van der Waals surface area (Å²) in [5, 5.41) is 2.89. The van der Waals surface area contributed by atoms with Crippen molar-refractivity contribution in [2.75, 3.05) is 21.3 Å². The Morgan fingerprint density at radius 1 is 1.24 bits per heavy atom. The van der Waals surface area contributed by atoms with Crippen LogP contribution in [0.4, 0.5) is 0 Å². The smallest absolute Gasteiger partial charge is 0.251 e. The number of terminal acetylenes is 1. The molecule has 0 fully saturated rings. The maximum Gasteiger partial charge on any atom is 0.251 e. The maximum absolute atomic E-state index is 12.3. The van der Waals surface area contributed by atoms with Gasteiger partial charge in [0.25, 0.3) is 5.91 Å². The molecule has 5 nitrogen and oxygen atoms in total. The van der Waals surface area contributed by atoms with E-state index in [-0.39, 0.29) is 11.9 Å². The Kier molecular flexibility index (Phi) is 6.41. The molecule has 5 heteroatoms. The van der Waals surface area contributed by atoms with Crippen LogP contribution in [0.25, 0.3) is 0 Å². The molecular formula is C16H21NO4. The molecule has 1 aromatic carbocycles. The van der Waals surface area contributed by atoms with E-state index in [0.717, 1.165) is 6.42 Å². The maximum atomic E-state index is 12.3. The van der Waals surface area contributed by atoms with Crippen molar-refractivity contribution in [3.63, 3.8) is 0 Å². The van der Waals surface area contributed by atoms with Crippen LogP contribution in [0.3, 0.4) is 0 Å². The first-order chi connectivity index (χ1) is 10.1. The molecule has 1 N–H and O–H groups in total. The van der Waals surface area contributed by atoms with Gasteiger partial charge in [-0.1, -0.05) is 6.92 Å². The van der Waals surface area contributed by atoms with Gasteiger partial charge in [-0.05, 0) is 18.6 Å². The molecule has 0 aliphatic rings. The number of ether oxygens (including phenoxy) is 3. The van der Waals surface area contributed by atoms with Crippen molar-refractivity contribution in [3.05, 3.63) is 17.7 Å². The minimum Gasteiger partial charge on any atom is -0.493 e. The van der Waals surface area contributed by atoms with Crippen LogP contribution < -0.4 is 19.5 Å². The second-order valence-electron chi connectivity index (χ2n) is 4.40. The molecule has 1 rings (SSSR count). The first-order valence-corrected chi connectivity index (χ1v) is 6.65. The molecule has 1 unspecified atom stereocenters. The minimum absolute atomic E-state index is 0.0541. The van der Waals surface area contributed by atoms with E-state index < -0.39 is 0 Å². The third kappa shape index (κ3) is 4.06. The Balaban J connectivity index is 3.07. The second-order valence-corrected chi connectivity index (χ2v) is 4.40. The molecular weight excluding hydrogens is 270 g/mol. The third-order valence-electron chi connectivity index (χ3n) is 3.12. The zero-order chi connectivity index (χ0) is 15.8. The van der Waals surface area contributed by atoms with Crippen molar-refractivity contribution in [1.82, 2.24) is 5.32 Å². The van der Waals surface area contributed by atoms with Gasteiger partial charge in [0.1, 0.15) is 0 Å². The van der Waals surface area contributed by atoms with Gasteiger partial charge in [-0.2, -0.15) is 0 Å². The number of rotatable bonds is 7. The van der Waals surface area contributed by atoms with Gasteiger partial charge in [-0.3, -0.25) is 4.79 Å². The fraction of sp³-hybridized carbons (Fsp3) is 0.438. The van der Waals surface area contributed by atoms with Crippen molar-refractivity contribution < 1.29 is 19.0 Å². The van der Waals surface area contributed by atoms with Crippen LogP contribution in [0.5, 0.6) is 17.2 Å². The van der Waals surface area contributed by atoms with E-state index >= 15 is 0 Å². The van der Waals surface area contributed by atoms with Crippen LogP contribution in [-0.2, 0) is 0 Å². The normalized spacial score (nSPS) is 11.2. The fourth-order valence-electron chi connectivity index (χ4n) is 1.92. The highest BCUT2D eigenvalue weighted by molar-refractivity contribution is 5.95. The van der Waals surface area contributed by atoms with E-state index in [9.17, 15) is 4.79 Å². The number of nitrogens with one attached hydrogen (secondary N) is 1. The van der Waals surface area contributed by atoms with Crippen LogP contribution in [-0.4, -0.2) is 33.3 Å². The van der Waals surface area contributed by atoms with Crippen molar-refractivity contribution in [2.24, 2.45) is 0 Å². The summed E-state index contributed by atoms with van der Waals surface area (Å²) in [5.41, 5.74) is 0.431. The van der Waals surface area contributed by atoms with Crippen LogP contribution >= 0.6 is 0 Å². The molecule has 0 aliphatic carbocycles. The Morgan fingerprint density at radius 2 is 1.81 bits per heavy atom. The highest BCUT2D eigenvalue weighted by atomic mass is 16.5. The summed E-state index contributed by atoms with van der Waals surface area (Å²) in [6.07, 6.45) is 6.55. The summed E-state index contributed by atoms with van der Waals surface area (Å²) >= 11 is 0. The van der Waals surface area contributed by atoms with Crippen LogP contribution in [0.2, 0.25) is 0 Å². The number of hydrogen-bond acceptors (Lipinski definition) is 4. The van der Waals surface area contributed by atoms with Crippen molar-refractivity contribution in [3.8, 4) is 29.6 Å². The molecule has 0 heterocycles. The Labute approximate surface area is 125 Å². The van der Waals surface area contributed by atoms with Crippen molar-refractivity contribution in [1.29, 1.82) is 0 Å². The summed E-state index contributed by atoms with van der Waals surface area (Å²) < 4.78 is 15.7. The predicted octanol–water partition coefficient (Wildman–Crippen LogP) is 2.24. The zero-order valence-electron chi connectivity index (χ0n) is 12.9. The number of benzene rings is 1. The molecule has 0 spiro atoms. The first-order valence-electron chi connectivity index (χ1n) is 6.65. The lowest BCUT2D eigenvalue weighted by molar-refractivity contribution is 0.0936. The van der Waals surface area contributed by atoms with Crippen LogP contribution in [0, 0.1) is 12.3 Å². The number of methoxy groups -OCH3 is 3. The quantitative estimate of drug-likeness (QED) is 0.783. The second kappa shape index (κ2) is 8.05. The largest absolute Gasteiger partial charge is 0.493 e. The van der Waals surface area contributed by atoms with Crippen LogP contribution in [0.15, 0.2) is 12.1 Å². The molecule has 0 aliphatic heterocycles. The first kappa shape index (κ1) is 16.7. The average Bonchev–Trinajstić information content (AvgIpc) is 2.52. The van der Waals surface area contributed by atoms with E-state index in [0.29, 0.717) is 29.2 Å². The number of amides is 1. The van der Waals surface area contributed by atoms with Gasteiger partial charge in [0.15, 0.2) is 11.5 Å². The summed E-state index contributed by atoms with van der Waals surface area (Å²) in [4.78, 5) is 12.3. The number of carbonyl (C=O) groups is 1. The van der Waals surface area contributed by atoms with E-state index in [1.54, 1.807) is 12.1 Å². The summed E-state index contributed by atoms with van der Waals surface area (Å²) in [6.45, 7) is 1.97. The lowest BCUT2D eigenvalue weighted by atomic mass is 10.1. The topological polar surface area (TPSA) is 56.8 Å². The Bertz CT molecular complexity index is 509. The van der Waals surface area contributed by atoms with Crippen LogP contribution in [0.1, 0.15) is 30.1 Å². The molecule has 1 atom stereocenters. The highest BCUT2D eigenvalue weighted by Gasteiger charge is 2.18. The summed E-state index contributed by atoms with van der Waals surface area (Å²) in [5.74, 6) is 3.65. The van der Waals surface area contributed by atoms with E-state index in [4.69, 9.17) is 20.6 Å². The highest BCUT2D eigenvalue weighted by Crippen LogP contribution is 2.38. The van der Waals surface area contributed by atoms with E-state index in [2.05, 4.69) is 11.2 Å². The van der Waals surface area contributed by atoms with Gasteiger partial charge in [0, 0.05) is 18.0 Å². The Morgan fingerprint density at radius 3 is 2.19 bits per heavy atom. The predicted molar refractivity (Wildman–Crippen MR) is 81.1 cm³/mol. The van der Waals surface area contributed by atoms with Gasteiger partial charge in [0.2, 0.25) is 5.75 Å². The monoisotopic (exact) mass is 291 g/mol. The number of carbonyl (C=O) groups excluding carboxylic acids is 1. The molecule has 0 bridgehead atoms. The zero-order valence-corrected chi connectivity index (χ0v) is 12.9. The molecule has 1 aromatic rings. The van der Waals surface area contributed by atoms with Gasteiger partial charge in [-0.25, -0.2) is 0 Å². The minimum atomic E-state index is -0.226. The molecule has 21 heavy (non-hydrogen) atoms. The molecule has 0 saturated heterocycles. The van der Waals surface area contributed by atoms with Gasteiger partial charge in [0.05, 0.1) is 21.3 Å². The van der Waals surface area contributed by atoms with Crippen molar-refractivity contribution in [2.45, 2.75) is 25.8 Å². The molecule has 0 radical (unpaired) electrons. The SMILES string of the molecule is C#CCC(CC)NC(=O)c1cc(OC)c(OC)c(OC)c1. The molecule has 1 amide bonds. The van der Waals surface area contributed by atoms with Gasteiger partial charge < -0.3 is 19.5 Å². The molecule has 0 aromatic heterocycles.